The highest BCUT2D eigenvalue weighted by Crippen LogP contribution is 2.31. The van der Waals surface area contributed by atoms with Crippen LogP contribution < -0.4 is 16.7 Å². The molecule has 0 saturated heterocycles. The highest BCUT2D eigenvalue weighted by Gasteiger charge is 2.15. The van der Waals surface area contributed by atoms with E-state index >= 15 is 0 Å². The fourth-order valence-electron chi connectivity index (χ4n) is 4.65. The van der Waals surface area contributed by atoms with E-state index in [4.69, 9.17) is 38.5 Å². The van der Waals surface area contributed by atoms with Crippen LogP contribution in [0.4, 0.5) is 10.3 Å². The zero-order valence-electron chi connectivity index (χ0n) is 31.6. The van der Waals surface area contributed by atoms with Crippen molar-refractivity contribution in [2.75, 3.05) is 10.9 Å². The van der Waals surface area contributed by atoms with Crippen LogP contribution in [0, 0.1) is 0 Å². The number of hydrazine groups is 1. The Kier molecular flexibility index (Phi) is 21.8. The number of carbonyl (C=O) groups excluding carboxylic acids is 3. The second-order valence-corrected chi connectivity index (χ2v) is 14.6. The summed E-state index contributed by atoms with van der Waals surface area (Å²) in [6, 6.07) is 28.9. The highest BCUT2D eigenvalue weighted by atomic mass is 35.5. The number of ether oxygens (including phenoxy) is 2. The molecule has 0 fully saturated rings. The van der Waals surface area contributed by atoms with Gasteiger partial charge in [0.25, 0.3) is 0 Å². The molecule has 15 heteroatoms. The van der Waals surface area contributed by atoms with Crippen LogP contribution in [-0.2, 0) is 9.47 Å². The third-order valence-electron chi connectivity index (χ3n) is 8.05. The lowest BCUT2D eigenvalue weighted by molar-refractivity contribution is 0.0324. The Morgan fingerprint density at radius 1 is 0.712 bits per heavy atom. The van der Waals surface area contributed by atoms with Crippen LogP contribution in [0.15, 0.2) is 113 Å². The Hall–Kier alpha value is -5.44. The lowest BCUT2D eigenvalue weighted by atomic mass is 10.1. The number of aromatic nitrogens is 2. The van der Waals surface area contributed by atoms with E-state index in [1.807, 2.05) is 99.1 Å². The van der Waals surface area contributed by atoms with Gasteiger partial charge in [0.05, 0.1) is 40.9 Å². The quantitative estimate of drug-likeness (QED) is 0.0335. The van der Waals surface area contributed by atoms with Gasteiger partial charge in [0.1, 0.15) is 0 Å². The molecule has 0 aliphatic carbocycles. The molecule has 4 aromatic carbocycles. The van der Waals surface area contributed by atoms with Crippen molar-refractivity contribution >= 4 is 80.6 Å². The lowest BCUT2D eigenvalue weighted by Gasteiger charge is -2.11. The third-order valence-corrected chi connectivity index (χ3v) is 10.2. The van der Waals surface area contributed by atoms with Crippen LogP contribution in [0.5, 0.6) is 0 Å². The van der Waals surface area contributed by atoms with Crippen molar-refractivity contribution in [3.05, 3.63) is 140 Å². The number of esters is 2. The molecule has 0 bridgehead atoms. The van der Waals surface area contributed by atoms with E-state index in [1.54, 1.807) is 42.6 Å². The van der Waals surface area contributed by atoms with Crippen molar-refractivity contribution in [2.24, 2.45) is 10.9 Å². The fourth-order valence-corrected chi connectivity index (χ4v) is 6.39. The van der Waals surface area contributed by atoms with Crippen LogP contribution in [0.3, 0.4) is 0 Å². The molecular formula is C44H50Cl2N6O5S2. The average Bonchev–Trinajstić information content (AvgIpc) is 3.92. The second kappa shape index (κ2) is 25.8. The van der Waals surface area contributed by atoms with Crippen LogP contribution in [0.2, 0.25) is 10.0 Å². The van der Waals surface area contributed by atoms with E-state index < -0.39 is 5.97 Å². The first-order chi connectivity index (χ1) is 27.6. The number of anilines is 2. The van der Waals surface area contributed by atoms with Gasteiger partial charge in [0.15, 0.2) is 11.4 Å². The van der Waals surface area contributed by atoms with Crippen LogP contribution in [-0.4, -0.2) is 46.6 Å². The molecule has 0 aliphatic rings. The van der Waals surface area contributed by atoms with Crippen molar-refractivity contribution in [1.82, 2.24) is 9.97 Å². The first-order valence-corrected chi connectivity index (χ1v) is 20.3. The normalized spacial score (nSPS) is 11.2. The van der Waals surface area contributed by atoms with Crippen molar-refractivity contribution < 1.29 is 23.9 Å². The number of rotatable bonds is 13. The summed E-state index contributed by atoms with van der Waals surface area (Å²) in [7, 11) is 0. The first-order valence-electron chi connectivity index (χ1n) is 17.8. The topological polar surface area (TPSA) is 158 Å². The number of hydrazone groups is 1. The molecule has 0 aliphatic heterocycles. The van der Waals surface area contributed by atoms with Crippen LogP contribution in [0.25, 0.3) is 22.5 Å². The minimum absolute atomic E-state index is 0. The van der Waals surface area contributed by atoms with Gasteiger partial charge in [-0.05, 0) is 51.0 Å². The molecule has 2 aromatic heterocycles. The molecule has 4 N–H and O–H groups in total. The monoisotopic (exact) mass is 876 g/mol. The molecule has 0 saturated carbocycles. The maximum absolute atomic E-state index is 12.3. The molecule has 59 heavy (non-hydrogen) atoms. The highest BCUT2D eigenvalue weighted by molar-refractivity contribution is 7.14. The predicted octanol–water partition coefficient (Wildman–Crippen LogP) is 12.3. The predicted molar refractivity (Wildman–Crippen MR) is 246 cm³/mol. The number of nitrogen functional groups attached to an aromatic ring is 1. The lowest BCUT2D eigenvalue weighted by Crippen LogP contribution is -2.15. The fraction of sp³-hybridized carbons (Fsp3) is 0.227. The summed E-state index contributed by atoms with van der Waals surface area (Å²) >= 11 is 15.1. The molecule has 2 unspecified atom stereocenters. The Balaban J connectivity index is 0.000000328. The minimum Gasteiger partial charge on any atom is -0.459 e. The number of aldehydes is 1. The molecule has 6 aromatic rings. The third kappa shape index (κ3) is 15.0. The Morgan fingerprint density at radius 2 is 1.14 bits per heavy atom. The SMILES string of the molecule is C.C.CCC(C)OC(=O)c1ccccc1/C=N/Nc1nc(-c2ccccc2Cl)cs1.CCC(C)OC(=O)c1ccccc1C=O.NNc1nc(-c2ccccc2Cl)cs1. The van der Waals surface area contributed by atoms with Gasteiger partial charge in [-0.3, -0.25) is 15.6 Å². The number of nitrogens with one attached hydrogen (secondary N) is 2. The summed E-state index contributed by atoms with van der Waals surface area (Å²) in [4.78, 5) is 43.4. The van der Waals surface area contributed by atoms with Gasteiger partial charge < -0.3 is 9.47 Å². The van der Waals surface area contributed by atoms with Gasteiger partial charge in [0, 0.05) is 43.1 Å². The van der Waals surface area contributed by atoms with E-state index in [9.17, 15) is 14.4 Å². The number of thiazole rings is 2. The first kappa shape index (κ1) is 49.7. The number of hydrogen-bond donors (Lipinski definition) is 3. The van der Waals surface area contributed by atoms with E-state index in [-0.39, 0.29) is 33.0 Å². The summed E-state index contributed by atoms with van der Waals surface area (Å²) in [6.45, 7) is 7.60. The molecule has 0 spiro atoms. The maximum Gasteiger partial charge on any atom is 0.339 e. The Morgan fingerprint density at radius 3 is 1.59 bits per heavy atom. The van der Waals surface area contributed by atoms with Gasteiger partial charge in [-0.25, -0.2) is 25.4 Å². The number of nitrogens with two attached hydrogens (primary N) is 1. The van der Waals surface area contributed by atoms with E-state index in [0.29, 0.717) is 48.8 Å². The van der Waals surface area contributed by atoms with Crippen LogP contribution in [0.1, 0.15) is 92.0 Å². The molecular weight excluding hydrogens is 828 g/mol. The standard InChI is InChI=1S/C21H20ClN3O2S.C12H14O3.C9H8ClN3S.2CH4/c1-3-14(2)27-20(26)16-9-5-4-8-15(16)12-23-25-21-24-19(13-28-21)17-10-6-7-11-18(17)22;1-3-9(2)15-12(14)11-7-5-4-6-10(11)8-13;10-7-4-2-1-3-6(7)8-5-14-9(12-8)13-11;;/h4-14H,3H2,1-2H3,(H,24,25);4-9H,3H2,1-2H3;1-5H,11H2,(H,12,13);2*1H4/b23-12+;;;;. The summed E-state index contributed by atoms with van der Waals surface area (Å²) in [5.41, 5.74) is 10.7. The van der Waals surface area contributed by atoms with E-state index in [1.165, 1.54) is 22.7 Å². The molecule has 11 nitrogen and oxygen atoms in total. The molecule has 2 heterocycles. The minimum atomic E-state index is -0.438. The van der Waals surface area contributed by atoms with Crippen LogP contribution >= 0.6 is 45.9 Å². The summed E-state index contributed by atoms with van der Waals surface area (Å²) in [5, 5.41) is 10.7. The second-order valence-electron chi connectivity index (χ2n) is 12.1. The van der Waals surface area contributed by atoms with Crippen molar-refractivity contribution in [3.8, 4) is 22.5 Å². The average molecular weight is 878 g/mol. The molecule has 0 amide bonds. The Labute approximate surface area is 364 Å². The number of benzene rings is 4. The number of carbonyl (C=O) groups is 3. The summed E-state index contributed by atoms with van der Waals surface area (Å²) in [6.07, 6.45) is 3.51. The van der Waals surface area contributed by atoms with Gasteiger partial charge in [-0.15, -0.1) is 22.7 Å². The number of hydrogen-bond acceptors (Lipinski definition) is 13. The molecule has 2 atom stereocenters. The van der Waals surface area contributed by atoms with Gasteiger partial charge in [-0.2, -0.15) is 5.10 Å². The van der Waals surface area contributed by atoms with E-state index in [0.717, 1.165) is 35.4 Å². The van der Waals surface area contributed by atoms with E-state index in [2.05, 4.69) is 25.9 Å². The molecule has 6 rings (SSSR count). The van der Waals surface area contributed by atoms with Crippen molar-refractivity contribution in [3.63, 3.8) is 0 Å². The Bertz CT molecular complexity index is 2260. The smallest absolute Gasteiger partial charge is 0.339 e. The zero-order chi connectivity index (χ0) is 41.2. The molecule has 0 radical (unpaired) electrons. The van der Waals surface area contributed by atoms with Gasteiger partial charge in [-0.1, -0.05) is 125 Å². The zero-order valence-corrected chi connectivity index (χ0v) is 34.8. The van der Waals surface area contributed by atoms with Crippen molar-refractivity contribution in [2.45, 2.75) is 67.6 Å². The largest absolute Gasteiger partial charge is 0.459 e. The molecule has 312 valence electrons. The number of halogens is 2. The van der Waals surface area contributed by atoms with Gasteiger partial charge in [0.2, 0.25) is 5.13 Å². The maximum atomic E-state index is 12.3. The summed E-state index contributed by atoms with van der Waals surface area (Å²) < 4.78 is 10.5. The summed E-state index contributed by atoms with van der Waals surface area (Å²) in [5.74, 6) is 4.45. The van der Waals surface area contributed by atoms with Crippen molar-refractivity contribution in [1.29, 1.82) is 0 Å². The number of nitrogens with zero attached hydrogens (tertiary/aromatic N) is 3. The van der Waals surface area contributed by atoms with Gasteiger partial charge >= 0.3 is 11.9 Å².